The predicted octanol–water partition coefficient (Wildman–Crippen LogP) is 2.70. The number of nitrogens with zero attached hydrogens (tertiary/aromatic N) is 2. The Morgan fingerprint density at radius 1 is 1.48 bits per heavy atom. The number of imidazole rings is 1. The summed E-state index contributed by atoms with van der Waals surface area (Å²) in [4.78, 5) is 15.6. The highest BCUT2D eigenvalue weighted by molar-refractivity contribution is 6.16. The summed E-state index contributed by atoms with van der Waals surface area (Å²) in [6.45, 7) is 5.41. The predicted molar refractivity (Wildman–Crippen MR) is 83.8 cm³/mol. The van der Waals surface area contributed by atoms with Crippen molar-refractivity contribution in [1.82, 2.24) is 14.9 Å². The number of nitrogens with one attached hydrogen (secondary N) is 1. The fourth-order valence-corrected chi connectivity index (χ4v) is 2.40. The van der Waals surface area contributed by atoms with Crippen molar-refractivity contribution in [3.05, 3.63) is 24.0 Å². The van der Waals surface area contributed by atoms with Gasteiger partial charge >= 0.3 is 0 Å². The largest absolute Gasteiger partial charge is 0.491 e. The van der Waals surface area contributed by atoms with Crippen molar-refractivity contribution in [3.8, 4) is 5.75 Å². The number of ether oxygens (including phenoxy) is 1. The van der Waals surface area contributed by atoms with Crippen LogP contribution in [0.2, 0.25) is 0 Å². The summed E-state index contributed by atoms with van der Waals surface area (Å²) in [5, 5.41) is 2.79. The number of hydrogen-bond donors (Lipinski definition) is 1. The van der Waals surface area contributed by atoms with Crippen LogP contribution in [0.15, 0.2) is 18.2 Å². The molecule has 2 aromatic rings. The first-order valence-corrected chi connectivity index (χ1v) is 7.62. The third-order valence-electron chi connectivity index (χ3n) is 3.11. The van der Waals surface area contributed by atoms with Crippen LogP contribution in [0.1, 0.15) is 26.1 Å². The van der Waals surface area contributed by atoms with Crippen LogP contribution in [0.5, 0.6) is 5.75 Å². The molecule has 0 spiro atoms. The molecular weight excluding hydrogens is 290 g/mol. The summed E-state index contributed by atoms with van der Waals surface area (Å²) in [6, 6.07) is 5.86. The number of fused-ring (bicyclic) bond motifs is 1. The minimum Gasteiger partial charge on any atom is -0.491 e. The van der Waals surface area contributed by atoms with Crippen LogP contribution in [-0.2, 0) is 17.2 Å². The molecule has 0 saturated carbocycles. The summed E-state index contributed by atoms with van der Waals surface area (Å²) in [5.74, 6) is 1.84. The average Bonchev–Trinajstić information content (AvgIpc) is 2.83. The number of carbonyl (C=O) groups excluding carboxylic acids is 1. The van der Waals surface area contributed by atoms with Crippen LogP contribution in [0.4, 0.5) is 0 Å². The van der Waals surface area contributed by atoms with Gasteiger partial charge in [-0.25, -0.2) is 4.98 Å². The molecule has 1 aromatic carbocycles. The van der Waals surface area contributed by atoms with Crippen molar-refractivity contribution >= 4 is 28.5 Å². The molecule has 114 valence electrons. The highest BCUT2D eigenvalue weighted by Crippen LogP contribution is 2.26. The molecule has 0 unspecified atom stereocenters. The second kappa shape index (κ2) is 7.31. The zero-order valence-electron chi connectivity index (χ0n) is 12.4. The Morgan fingerprint density at radius 3 is 2.95 bits per heavy atom. The van der Waals surface area contributed by atoms with E-state index in [0.717, 1.165) is 29.0 Å². The fourth-order valence-electron chi connectivity index (χ4n) is 2.19. The van der Waals surface area contributed by atoms with Crippen molar-refractivity contribution < 1.29 is 9.53 Å². The summed E-state index contributed by atoms with van der Waals surface area (Å²) in [7, 11) is 0. The number of alkyl halides is 1. The maximum atomic E-state index is 11.0. The molecule has 0 bridgehead atoms. The zero-order valence-corrected chi connectivity index (χ0v) is 13.1. The Labute approximate surface area is 129 Å². The lowest BCUT2D eigenvalue weighted by Gasteiger charge is -2.09. The summed E-state index contributed by atoms with van der Waals surface area (Å²) in [5.41, 5.74) is 1.80. The fraction of sp³-hybridized carbons (Fsp3) is 0.467. The zero-order chi connectivity index (χ0) is 15.2. The van der Waals surface area contributed by atoms with Crippen LogP contribution in [0.3, 0.4) is 0 Å². The molecule has 6 heteroatoms. The number of hydrogen-bond acceptors (Lipinski definition) is 3. The third kappa shape index (κ3) is 3.67. The van der Waals surface area contributed by atoms with Crippen molar-refractivity contribution in [3.63, 3.8) is 0 Å². The van der Waals surface area contributed by atoms with Crippen LogP contribution in [0.25, 0.3) is 11.0 Å². The first kappa shape index (κ1) is 15.6. The standard InChI is InChI=1S/C15H20ClN3O2/c1-3-9-21-13-6-4-5-12-15(13)18-14(10-16)19(12)8-7-17-11(2)20/h4-6H,3,7-10H2,1-2H3,(H,17,20). The van der Waals surface area contributed by atoms with Crippen molar-refractivity contribution in [1.29, 1.82) is 0 Å². The highest BCUT2D eigenvalue weighted by atomic mass is 35.5. The van der Waals surface area contributed by atoms with Gasteiger partial charge in [0.15, 0.2) is 0 Å². The molecule has 0 radical (unpaired) electrons. The van der Waals surface area contributed by atoms with E-state index in [0.29, 0.717) is 25.6 Å². The topological polar surface area (TPSA) is 56.1 Å². The van der Waals surface area contributed by atoms with Gasteiger partial charge in [0.2, 0.25) is 5.91 Å². The molecule has 0 aliphatic carbocycles. The van der Waals surface area contributed by atoms with Gasteiger partial charge < -0.3 is 14.6 Å². The Bertz CT molecular complexity index is 625. The van der Waals surface area contributed by atoms with Crippen molar-refractivity contribution in [2.45, 2.75) is 32.7 Å². The number of aromatic nitrogens is 2. The van der Waals surface area contributed by atoms with Crippen molar-refractivity contribution in [2.24, 2.45) is 0 Å². The summed E-state index contributed by atoms with van der Waals surface area (Å²) < 4.78 is 7.76. The van der Waals surface area contributed by atoms with E-state index in [1.165, 1.54) is 6.92 Å². The van der Waals surface area contributed by atoms with Gasteiger partial charge in [0, 0.05) is 20.0 Å². The number of benzene rings is 1. The molecular formula is C15H20ClN3O2. The molecule has 0 aliphatic heterocycles. The maximum Gasteiger partial charge on any atom is 0.216 e. The highest BCUT2D eigenvalue weighted by Gasteiger charge is 2.13. The number of carbonyl (C=O) groups is 1. The molecule has 1 heterocycles. The summed E-state index contributed by atoms with van der Waals surface area (Å²) in [6.07, 6.45) is 0.946. The minimum atomic E-state index is -0.0428. The van der Waals surface area contributed by atoms with Gasteiger partial charge in [-0.3, -0.25) is 4.79 Å². The molecule has 1 aromatic heterocycles. The molecule has 1 N–H and O–H groups in total. The van der Waals surface area contributed by atoms with Gasteiger partial charge in [-0.05, 0) is 18.6 Å². The van der Waals surface area contributed by atoms with Gasteiger partial charge in [0.25, 0.3) is 0 Å². The monoisotopic (exact) mass is 309 g/mol. The van der Waals surface area contributed by atoms with E-state index < -0.39 is 0 Å². The molecule has 21 heavy (non-hydrogen) atoms. The van der Waals surface area contributed by atoms with E-state index >= 15 is 0 Å². The Hall–Kier alpha value is -1.75. The lowest BCUT2D eigenvalue weighted by Crippen LogP contribution is -2.24. The Kier molecular flexibility index (Phi) is 5.44. The van der Waals surface area contributed by atoms with Gasteiger partial charge in [0.1, 0.15) is 17.1 Å². The normalized spacial score (nSPS) is 10.8. The van der Waals surface area contributed by atoms with Gasteiger partial charge in [-0.2, -0.15) is 0 Å². The van der Waals surface area contributed by atoms with Gasteiger partial charge in [-0.15, -0.1) is 11.6 Å². The second-order valence-electron chi connectivity index (χ2n) is 4.77. The second-order valence-corrected chi connectivity index (χ2v) is 5.04. The lowest BCUT2D eigenvalue weighted by atomic mass is 10.3. The molecule has 1 amide bonds. The Morgan fingerprint density at radius 2 is 2.29 bits per heavy atom. The van der Waals surface area contributed by atoms with E-state index in [-0.39, 0.29) is 5.91 Å². The number of para-hydroxylation sites is 1. The maximum absolute atomic E-state index is 11.0. The lowest BCUT2D eigenvalue weighted by molar-refractivity contribution is -0.118. The molecule has 0 atom stereocenters. The number of amides is 1. The van der Waals surface area contributed by atoms with Crippen LogP contribution in [-0.4, -0.2) is 28.6 Å². The quantitative estimate of drug-likeness (QED) is 0.800. The van der Waals surface area contributed by atoms with Crippen LogP contribution >= 0.6 is 11.6 Å². The van der Waals surface area contributed by atoms with E-state index in [4.69, 9.17) is 16.3 Å². The van der Waals surface area contributed by atoms with E-state index in [1.807, 2.05) is 22.8 Å². The first-order chi connectivity index (χ1) is 10.2. The molecule has 5 nitrogen and oxygen atoms in total. The molecule has 2 rings (SSSR count). The smallest absolute Gasteiger partial charge is 0.216 e. The SMILES string of the molecule is CCCOc1cccc2c1nc(CCl)n2CCNC(C)=O. The summed E-state index contributed by atoms with van der Waals surface area (Å²) >= 11 is 5.99. The Balaban J connectivity index is 2.32. The molecule has 0 fully saturated rings. The van der Waals surface area contributed by atoms with Gasteiger partial charge in [-0.1, -0.05) is 13.0 Å². The molecule has 0 aliphatic rings. The third-order valence-corrected chi connectivity index (χ3v) is 3.35. The van der Waals surface area contributed by atoms with Crippen LogP contribution in [0, 0.1) is 0 Å². The van der Waals surface area contributed by atoms with Crippen LogP contribution < -0.4 is 10.1 Å². The number of rotatable bonds is 7. The first-order valence-electron chi connectivity index (χ1n) is 7.08. The number of halogens is 1. The van der Waals surface area contributed by atoms with E-state index in [2.05, 4.69) is 17.2 Å². The van der Waals surface area contributed by atoms with E-state index in [9.17, 15) is 4.79 Å². The average molecular weight is 310 g/mol. The molecule has 0 saturated heterocycles. The minimum absolute atomic E-state index is 0.0428. The van der Waals surface area contributed by atoms with E-state index in [1.54, 1.807) is 0 Å². The van der Waals surface area contributed by atoms with Crippen molar-refractivity contribution in [2.75, 3.05) is 13.2 Å². The van der Waals surface area contributed by atoms with Gasteiger partial charge in [0.05, 0.1) is 18.0 Å².